The fourth-order valence-corrected chi connectivity index (χ4v) is 5.02. The van der Waals surface area contributed by atoms with E-state index in [0.717, 1.165) is 4.31 Å². The molecule has 0 bridgehead atoms. The summed E-state index contributed by atoms with van der Waals surface area (Å²) in [6.45, 7) is 4.15. The number of nitrogens with one attached hydrogen (secondary N) is 1. The molecule has 3 aromatic carbocycles. The quantitative estimate of drug-likeness (QED) is 0.265. The second kappa shape index (κ2) is 13.0. The fourth-order valence-electron chi connectivity index (χ4n) is 3.34. The zero-order chi connectivity index (χ0) is 26.8. The lowest BCUT2D eigenvalue weighted by molar-refractivity contribution is -0.119. The van der Waals surface area contributed by atoms with Gasteiger partial charge in [-0.25, -0.2) is 13.8 Å². The summed E-state index contributed by atoms with van der Waals surface area (Å²) in [5, 5.41) is 4.18. The third kappa shape index (κ3) is 7.14. The Labute approximate surface area is 221 Å². The van der Waals surface area contributed by atoms with E-state index in [9.17, 15) is 13.2 Å². The summed E-state index contributed by atoms with van der Waals surface area (Å²) in [6, 6.07) is 17.5. The van der Waals surface area contributed by atoms with E-state index in [4.69, 9.17) is 25.8 Å². The number of amides is 1. The van der Waals surface area contributed by atoms with Crippen molar-refractivity contribution >= 4 is 39.4 Å². The van der Waals surface area contributed by atoms with Gasteiger partial charge in [-0.15, -0.1) is 0 Å². The topological polar surface area (TPSA) is 107 Å². The second-order valence-corrected chi connectivity index (χ2v) is 9.78. The van der Waals surface area contributed by atoms with Gasteiger partial charge in [-0.1, -0.05) is 29.8 Å². The van der Waals surface area contributed by atoms with Gasteiger partial charge in [0.05, 0.1) is 42.1 Å². The molecule has 0 saturated heterocycles. The minimum atomic E-state index is -4.09. The number of hydrogen-bond acceptors (Lipinski definition) is 7. The smallest absolute Gasteiger partial charge is 0.264 e. The summed E-state index contributed by atoms with van der Waals surface area (Å²) in [7, 11) is -2.64. The number of methoxy groups -OCH3 is 1. The van der Waals surface area contributed by atoms with Crippen LogP contribution in [0.4, 0.5) is 5.69 Å². The number of benzene rings is 3. The maximum Gasteiger partial charge on any atom is 0.264 e. The number of ether oxygens (including phenoxy) is 3. The number of rotatable bonds is 12. The first kappa shape index (κ1) is 27.8. The molecule has 0 spiro atoms. The van der Waals surface area contributed by atoms with Crippen LogP contribution in [0.3, 0.4) is 0 Å². The van der Waals surface area contributed by atoms with Crippen LogP contribution in [0.5, 0.6) is 17.2 Å². The zero-order valence-corrected chi connectivity index (χ0v) is 22.3. The zero-order valence-electron chi connectivity index (χ0n) is 20.7. The van der Waals surface area contributed by atoms with Gasteiger partial charge in [0.25, 0.3) is 15.9 Å². The minimum Gasteiger partial charge on any atom is -0.495 e. The molecule has 3 aromatic rings. The Bertz CT molecular complexity index is 1350. The van der Waals surface area contributed by atoms with Gasteiger partial charge in [0.15, 0.2) is 11.5 Å². The summed E-state index contributed by atoms with van der Waals surface area (Å²) in [5.74, 6) is 0.874. The summed E-state index contributed by atoms with van der Waals surface area (Å²) in [6.07, 6.45) is 1.43. The maximum absolute atomic E-state index is 13.4. The highest BCUT2D eigenvalue weighted by molar-refractivity contribution is 7.92. The van der Waals surface area contributed by atoms with Crippen molar-refractivity contribution in [3.8, 4) is 17.2 Å². The monoisotopic (exact) mass is 545 g/mol. The molecule has 9 nitrogen and oxygen atoms in total. The van der Waals surface area contributed by atoms with Crippen LogP contribution in [0.15, 0.2) is 76.7 Å². The number of sulfonamides is 1. The standard InChI is InChI=1S/C26H28ClN3O6S/c1-4-35-24-13-11-19(15-25(24)36-5-2)17-28-29-26(31)18-30(20-12-14-23(34-3)22(27)16-20)37(32,33)21-9-7-6-8-10-21/h6-17H,4-5,18H2,1-3H3,(H,29,31)/b28-17-. The number of halogens is 1. The van der Waals surface area contributed by atoms with E-state index in [-0.39, 0.29) is 15.6 Å². The lowest BCUT2D eigenvalue weighted by Crippen LogP contribution is -2.39. The van der Waals surface area contributed by atoms with Crippen molar-refractivity contribution in [2.75, 3.05) is 31.2 Å². The lowest BCUT2D eigenvalue weighted by Gasteiger charge is -2.24. The Morgan fingerprint density at radius 3 is 2.30 bits per heavy atom. The Morgan fingerprint density at radius 2 is 1.65 bits per heavy atom. The molecule has 0 heterocycles. The van der Waals surface area contributed by atoms with Gasteiger partial charge >= 0.3 is 0 Å². The normalized spacial score (nSPS) is 11.2. The van der Waals surface area contributed by atoms with Crippen LogP contribution in [0.25, 0.3) is 0 Å². The van der Waals surface area contributed by atoms with Crippen LogP contribution >= 0.6 is 11.6 Å². The van der Waals surface area contributed by atoms with E-state index in [2.05, 4.69) is 10.5 Å². The molecule has 0 fully saturated rings. The molecule has 196 valence electrons. The predicted molar refractivity (Wildman–Crippen MR) is 143 cm³/mol. The van der Waals surface area contributed by atoms with Crippen molar-refractivity contribution < 1.29 is 27.4 Å². The molecule has 0 saturated carbocycles. The maximum atomic E-state index is 13.4. The highest BCUT2D eigenvalue weighted by atomic mass is 35.5. The molecule has 0 aliphatic rings. The summed E-state index contributed by atoms with van der Waals surface area (Å²) in [5.41, 5.74) is 3.23. The molecule has 0 aromatic heterocycles. The number of anilines is 1. The third-order valence-corrected chi connectivity index (χ3v) is 7.10. The molecule has 0 radical (unpaired) electrons. The third-order valence-electron chi connectivity index (χ3n) is 5.01. The summed E-state index contributed by atoms with van der Waals surface area (Å²) >= 11 is 6.23. The first-order valence-corrected chi connectivity index (χ1v) is 13.2. The SMILES string of the molecule is CCOc1ccc(/C=N\NC(=O)CN(c2ccc(OC)c(Cl)c2)S(=O)(=O)c2ccccc2)cc1OCC. The van der Waals surface area contributed by atoms with Crippen LogP contribution in [0.2, 0.25) is 5.02 Å². The van der Waals surface area contributed by atoms with E-state index in [1.165, 1.54) is 43.7 Å². The Balaban J connectivity index is 1.82. The summed E-state index contributed by atoms with van der Waals surface area (Å²) in [4.78, 5) is 12.8. The van der Waals surface area contributed by atoms with Crippen LogP contribution in [-0.4, -0.2) is 47.4 Å². The van der Waals surface area contributed by atoms with Crippen molar-refractivity contribution in [2.45, 2.75) is 18.7 Å². The van der Waals surface area contributed by atoms with Crippen molar-refractivity contribution in [1.29, 1.82) is 0 Å². The molecule has 0 aliphatic carbocycles. The molecule has 0 aliphatic heterocycles. The van der Waals surface area contributed by atoms with E-state index in [1.54, 1.807) is 36.4 Å². The highest BCUT2D eigenvalue weighted by Gasteiger charge is 2.27. The van der Waals surface area contributed by atoms with E-state index >= 15 is 0 Å². The van der Waals surface area contributed by atoms with Crippen LogP contribution in [0, 0.1) is 0 Å². The van der Waals surface area contributed by atoms with Gasteiger partial charge in [0, 0.05) is 0 Å². The fraction of sp³-hybridized carbons (Fsp3) is 0.231. The van der Waals surface area contributed by atoms with E-state index in [0.29, 0.717) is 36.0 Å². The largest absolute Gasteiger partial charge is 0.495 e. The molecule has 11 heteroatoms. The molecule has 1 N–H and O–H groups in total. The molecule has 3 rings (SSSR count). The summed E-state index contributed by atoms with van der Waals surface area (Å²) < 4.78 is 44.1. The Morgan fingerprint density at radius 1 is 0.973 bits per heavy atom. The number of carbonyl (C=O) groups is 1. The number of hydrogen-bond donors (Lipinski definition) is 1. The number of carbonyl (C=O) groups excluding carboxylic acids is 1. The number of nitrogens with zero attached hydrogens (tertiary/aromatic N) is 2. The average molecular weight is 546 g/mol. The van der Waals surface area contributed by atoms with E-state index in [1.807, 2.05) is 13.8 Å². The van der Waals surface area contributed by atoms with Crippen LogP contribution in [-0.2, 0) is 14.8 Å². The molecular formula is C26H28ClN3O6S. The average Bonchev–Trinajstić information content (AvgIpc) is 2.89. The first-order chi connectivity index (χ1) is 17.8. The second-order valence-electron chi connectivity index (χ2n) is 7.51. The molecule has 0 unspecified atom stereocenters. The van der Waals surface area contributed by atoms with E-state index < -0.39 is 22.5 Å². The van der Waals surface area contributed by atoms with Gasteiger partial charge in [-0.05, 0) is 67.9 Å². The lowest BCUT2D eigenvalue weighted by atomic mass is 10.2. The van der Waals surface area contributed by atoms with Gasteiger partial charge in [0.2, 0.25) is 0 Å². The Hall–Kier alpha value is -3.76. The highest BCUT2D eigenvalue weighted by Crippen LogP contribution is 2.32. The van der Waals surface area contributed by atoms with Gasteiger partial charge in [0.1, 0.15) is 12.3 Å². The Kier molecular flexibility index (Phi) is 9.76. The van der Waals surface area contributed by atoms with Crippen molar-refractivity contribution in [1.82, 2.24) is 5.43 Å². The van der Waals surface area contributed by atoms with Crippen molar-refractivity contribution in [2.24, 2.45) is 5.10 Å². The van der Waals surface area contributed by atoms with Crippen LogP contribution in [0.1, 0.15) is 19.4 Å². The molecule has 0 atom stereocenters. The van der Waals surface area contributed by atoms with Gasteiger partial charge < -0.3 is 14.2 Å². The van der Waals surface area contributed by atoms with Crippen LogP contribution < -0.4 is 23.9 Å². The van der Waals surface area contributed by atoms with Crippen molar-refractivity contribution in [3.05, 3.63) is 77.3 Å². The van der Waals surface area contributed by atoms with Gasteiger partial charge in [-0.2, -0.15) is 5.10 Å². The predicted octanol–water partition coefficient (Wildman–Crippen LogP) is 4.49. The first-order valence-electron chi connectivity index (χ1n) is 11.4. The van der Waals surface area contributed by atoms with Crippen molar-refractivity contribution in [3.63, 3.8) is 0 Å². The number of hydrazone groups is 1. The minimum absolute atomic E-state index is 0.0242. The van der Waals surface area contributed by atoms with Gasteiger partial charge in [-0.3, -0.25) is 9.10 Å². The molecular weight excluding hydrogens is 518 g/mol. The molecule has 37 heavy (non-hydrogen) atoms. The molecule has 1 amide bonds.